The lowest BCUT2D eigenvalue weighted by atomic mass is 10.3. The number of aromatic amines is 2. The number of aromatic nitrogens is 4. The molecule has 0 aliphatic heterocycles. The van der Waals surface area contributed by atoms with Gasteiger partial charge in [-0.3, -0.25) is 9.59 Å². The molecule has 0 unspecified atom stereocenters. The number of nitrogens with zero attached hydrogens (tertiary/aromatic N) is 2. The molecular formula is C11H14N6O2. The summed E-state index contributed by atoms with van der Waals surface area (Å²) in [5.41, 5.74) is 5.95. The molecule has 1 amide bonds. The molecule has 2 aromatic heterocycles. The number of H-pyrrole nitrogens is 2. The van der Waals surface area contributed by atoms with Crippen LogP contribution in [0.4, 0.5) is 5.82 Å². The Labute approximate surface area is 108 Å². The van der Waals surface area contributed by atoms with Crippen molar-refractivity contribution in [3.05, 3.63) is 40.0 Å². The van der Waals surface area contributed by atoms with Gasteiger partial charge >= 0.3 is 0 Å². The van der Waals surface area contributed by atoms with E-state index in [2.05, 4.69) is 25.3 Å². The number of hydrogen-bond donors (Lipinski definition) is 4. The molecule has 0 saturated heterocycles. The van der Waals surface area contributed by atoms with Crippen LogP contribution in [-0.2, 0) is 6.42 Å². The number of anilines is 1. The number of nitrogen functional groups attached to an aromatic ring is 1. The average Bonchev–Trinajstić information content (AvgIpc) is 2.74. The van der Waals surface area contributed by atoms with E-state index in [9.17, 15) is 9.59 Å². The van der Waals surface area contributed by atoms with Gasteiger partial charge < -0.3 is 21.0 Å². The number of imidazole rings is 1. The van der Waals surface area contributed by atoms with E-state index < -0.39 is 0 Å². The van der Waals surface area contributed by atoms with Gasteiger partial charge in [0.15, 0.2) is 5.82 Å². The third-order valence-corrected chi connectivity index (χ3v) is 2.38. The van der Waals surface area contributed by atoms with E-state index in [-0.39, 0.29) is 23.1 Å². The van der Waals surface area contributed by atoms with Crippen molar-refractivity contribution in [1.82, 2.24) is 25.3 Å². The maximum atomic E-state index is 11.7. The molecule has 2 aromatic rings. The molecule has 0 fully saturated rings. The van der Waals surface area contributed by atoms with Crippen LogP contribution in [0.5, 0.6) is 0 Å². The summed E-state index contributed by atoms with van der Waals surface area (Å²) in [6.45, 7) is 2.14. The van der Waals surface area contributed by atoms with Gasteiger partial charge in [0.2, 0.25) is 0 Å². The highest BCUT2D eigenvalue weighted by Gasteiger charge is 2.08. The van der Waals surface area contributed by atoms with Crippen LogP contribution in [0.1, 0.15) is 22.1 Å². The fourth-order valence-corrected chi connectivity index (χ4v) is 1.55. The first-order chi connectivity index (χ1) is 9.04. The van der Waals surface area contributed by atoms with Crippen molar-refractivity contribution >= 4 is 11.7 Å². The van der Waals surface area contributed by atoms with Crippen molar-refractivity contribution in [3.8, 4) is 0 Å². The summed E-state index contributed by atoms with van der Waals surface area (Å²) >= 11 is 0. The lowest BCUT2D eigenvalue weighted by molar-refractivity contribution is 0.0944. The number of amides is 1. The lowest BCUT2D eigenvalue weighted by Crippen LogP contribution is -2.27. The Morgan fingerprint density at radius 3 is 2.89 bits per heavy atom. The van der Waals surface area contributed by atoms with E-state index in [4.69, 9.17) is 5.73 Å². The van der Waals surface area contributed by atoms with Crippen molar-refractivity contribution in [2.24, 2.45) is 0 Å². The van der Waals surface area contributed by atoms with Gasteiger partial charge in [-0.25, -0.2) is 9.97 Å². The Bertz CT molecular complexity index is 645. The van der Waals surface area contributed by atoms with Crippen molar-refractivity contribution in [2.45, 2.75) is 13.3 Å². The van der Waals surface area contributed by atoms with Crippen molar-refractivity contribution in [1.29, 1.82) is 0 Å². The topological polar surface area (TPSA) is 130 Å². The predicted octanol–water partition coefficient (Wildman–Crippen LogP) is -0.644. The Morgan fingerprint density at radius 1 is 1.47 bits per heavy atom. The smallest absolute Gasteiger partial charge is 0.287 e. The van der Waals surface area contributed by atoms with Crippen LogP contribution < -0.4 is 16.6 Å². The summed E-state index contributed by atoms with van der Waals surface area (Å²) in [7, 11) is 0. The second-order valence-electron chi connectivity index (χ2n) is 4.04. The van der Waals surface area contributed by atoms with Gasteiger partial charge in [0, 0.05) is 30.9 Å². The molecule has 0 bridgehead atoms. The molecule has 0 aliphatic rings. The van der Waals surface area contributed by atoms with Crippen molar-refractivity contribution in [2.75, 3.05) is 12.3 Å². The standard InChI is InChI=1S/C11H14N6O2/c1-6-5-14-10(15-6)11(19)13-3-2-8-16-7(12)4-9(18)17-8/h4-5H,2-3H2,1H3,(H,13,19)(H,14,15)(H3,12,16,17,18). The molecule has 8 nitrogen and oxygen atoms in total. The zero-order valence-electron chi connectivity index (χ0n) is 10.4. The first kappa shape index (κ1) is 12.8. The molecule has 0 radical (unpaired) electrons. The highest BCUT2D eigenvalue weighted by atomic mass is 16.2. The molecule has 0 saturated carbocycles. The number of aryl methyl sites for hydroxylation is 1. The fraction of sp³-hybridized carbons (Fsp3) is 0.273. The van der Waals surface area contributed by atoms with E-state index in [1.807, 2.05) is 6.92 Å². The zero-order valence-corrected chi connectivity index (χ0v) is 10.4. The van der Waals surface area contributed by atoms with E-state index in [1.165, 1.54) is 6.07 Å². The molecule has 0 atom stereocenters. The van der Waals surface area contributed by atoms with Gasteiger partial charge in [0.1, 0.15) is 11.6 Å². The summed E-state index contributed by atoms with van der Waals surface area (Å²) < 4.78 is 0. The van der Waals surface area contributed by atoms with Gasteiger partial charge in [-0.1, -0.05) is 0 Å². The third kappa shape index (κ3) is 3.41. The first-order valence-electron chi connectivity index (χ1n) is 5.70. The molecule has 100 valence electrons. The summed E-state index contributed by atoms with van der Waals surface area (Å²) in [5.74, 6) is 0.540. The molecule has 8 heteroatoms. The van der Waals surface area contributed by atoms with Crippen LogP contribution in [0, 0.1) is 6.92 Å². The maximum Gasteiger partial charge on any atom is 0.287 e. The monoisotopic (exact) mass is 262 g/mol. The van der Waals surface area contributed by atoms with Crippen LogP contribution in [0.3, 0.4) is 0 Å². The molecule has 2 heterocycles. The third-order valence-electron chi connectivity index (χ3n) is 2.38. The van der Waals surface area contributed by atoms with Gasteiger partial charge in [-0.2, -0.15) is 0 Å². The molecular weight excluding hydrogens is 248 g/mol. The zero-order chi connectivity index (χ0) is 13.8. The van der Waals surface area contributed by atoms with Gasteiger partial charge in [-0.05, 0) is 6.92 Å². The number of nitrogens with one attached hydrogen (secondary N) is 3. The average molecular weight is 262 g/mol. The lowest BCUT2D eigenvalue weighted by Gasteiger charge is -2.03. The molecule has 0 spiro atoms. The summed E-state index contributed by atoms with van der Waals surface area (Å²) in [5, 5.41) is 2.66. The largest absolute Gasteiger partial charge is 0.383 e. The minimum absolute atomic E-state index is 0.159. The van der Waals surface area contributed by atoms with Crippen molar-refractivity contribution in [3.63, 3.8) is 0 Å². The Balaban J connectivity index is 1.90. The van der Waals surface area contributed by atoms with Crippen LogP contribution in [0.2, 0.25) is 0 Å². The summed E-state index contributed by atoms with van der Waals surface area (Å²) in [6, 6.07) is 1.20. The summed E-state index contributed by atoms with van der Waals surface area (Å²) in [4.78, 5) is 36.0. The quantitative estimate of drug-likeness (QED) is 0.582. The van der Waals surface area contributed by atoms with Crippen molar-refractivity contribution < 1.29 is 4.79 Å². The highest BCUT2D eigenvalue weighted by Crippen LogP contribution is 1.95. The van der Waals surface area contributed by atoms with E-state index in [0.717, 1.165) is 5.69 Å². The SMILES string of the molecule is Cc1cnc(C(=O)NCCc2nc(N)cc(=O)[nH]2)[nH]1. The number of carbonyl (C=O) groups is 1. The highest BCUT2D eigenvalue weighted by molar-refractivity contribution is 5.90. The van der Waals surface area contributed by atoms with Gasteiger partial charge in [0.05, 0.1) is 0 Å². The van der Waals surface area contributed by atoms with E-state index >= 15 is 0 Å². The number of rotatable bonds is 4. The van der Waals surface area contributed by atoms with Crippen LogP contribution in [-0.4, -0.2) is 32.4 Å². The first-order valence-corrected chi connectivity index (χ1v) is 5.70. The second kappa shape index (κ2) is 5.34. The molecule has 19 heavy (non-hydrogen) atoms. The van der Waals surface area contributed by atoms with Crippen LogP contribution in [0.25, 0.3) is 0 Å². The molecule has 2 rings (SSSR count). The Morgan fingerprint density at radius 2 is 2.26 bits per heavy atom. The maximum absolute atomic E-state index is 11.7. The van der Waals surface area contributed by atoms with Gasteiger partial charge in [0.25, 0.3) is 11.5 Å². The van der Waals surface area contributed by atoms with E-state index in [0.29, 0.717) is 18.8 Å². The minimum Gasteiger partial charge on any atom is -0.383 e. The van der Waals surface area contributed by atoms with E-state index in [1.54, 1.807) is 6.20 Å². The Kier molecular flexibility index (Phi) is 3.60. The Hall–Kier alpha value is -2.64. The normalized spacial score (nSPS) is 10.4. The molecule has 0 aliphatic carbocycles. The van der Waals surface area contributed by atoms with Crippen LogP contribution in [0.15, 0.2) is 17.1 Å². The molecule has 0 aromatic carbocycles. The summed E-state index contributed by atoms with van der Waals surface area (Å²) in [6.07, 6.45) is 1.96. The molecule has 5 N–H and O–H groups in total. The van der Waals surface area contributed by atoms with Crippen LogP contribution >= 0.6 is 0 Å². The second-order valence-corrected chi connectivity index (χ2v) is 4.04. The predicted molar refractivity (Wildman–Crippen MR) is 68.6 cm³/mol. The number of nitrogens with two attached hydrogens (primary N) is 1. The number of hydrogen-bond acceptors (Lipinski definition) is 5. The van der Waals surface area contributed by atoms with Gasteiger partial charge in [-0.15, -0.1) is 0 Å². The number of carbonyl (C=O) groups excluding carboxylic acids is 1. The minimum atomic E-state index is -0.310. The fourth-order valence-electron chi connectivity index (χ4n) is 1.55.